The maximum atomic E-state index is 11.7. The average Bonchev–Trinajstić information content (AvgIpc) is 2.53. The van der Waals surface area contributed by atoms with Gasteiger partial charge >= 0.3 is 5.97 Å². The van der Waals surface area contributed by atoms with Gasteiger partial charge in [0.1, 0.15) is 0 Å². The number of hydrogen-bond acceptors (Lipinski definition) is 2. The van der Waals surface area contributed by atoms with E-state index in [1.807, 2.05) is 0 Å². The van der Waals surface area contributed by atoms with Crippen molar-refractivity contribution in [2.24, 2.45) is 11.8 Å². The van der Waals surface area contributed by atoms with Gasteiger partial charge in [0.25, 0.3) is 0 Å². The molecular weight excluding hydrogens is 296 g/mol. The zero-order valence-electron chi connectivity index (χ0n) is 17.1. The molecule has 0 aromatic carbocycles. The molecule has 0 N–H and O–H groups in total. The highest BCUT2D eigenvalue weighted by atomic mass is 16.5. The van der Waals surface area contributed by atoms with Crippen molar-refractivity contribution in [2.75, 3.05) is 6.61 Å². The van der Waals surface area contributed by atoms with Crippen molar-refractivity contribution in [1.29, 1.82) is 0 Å². The molecule has 0 aliphatic rings. The number of ether oxygens (including phenoxy) is 1. The second-order valence-electron chi connectivity index (χ2n) is 8.02. The monoisotopic (exact) mass is 340 g/mol. The van der Waals surface area contributed by atoms with Gasteiger partial charge in [0.05, 0.1) is 6.61 Å². The topological polar surface area (TPSA) is 26.3 Å². The molecule has 2 nitrogen and oxygen atoms in total. The minimum atomic E-state index is 0.00678. The maximum absolute atomic E-state index is 11.7. The zero-order chi connectivity index (χ0) is 18.0. The Morgan fingerprint density at radius 1 is 0.750 bits per heavy atom. The molecule has 0 rings (SSSR count). The molecule has 1 atom stereocenters. The molecule has 0 spiro atoms. The fourth-order valence-electron chi connectivity index (χ4n) is 3.05. The van der Waals surface area contributed by atoms with E-state index < -0.39 is 0 Å². The van der Waals surface area contributed by atoms with E-state index in [4.69, 9.17) is 4.74 Å². The standard InChI is InChI=1S/C22H44O2/c1-5-6-7-8-9-10-11-12-13-17-22(23)24-19-18-21(4)16-14-15-20(2)3/h20-21H,5-19H2,1-4H3. The van der Waals surface area contributed by atoms with E-state index in [0.29, 0.717) is 18.9 Å². The first-order valence-electron chi connectivity index (χ1n) is 10.7. The van der Waals surface area contributed by atoms with Crippen molar-refractivity contribution in [3.05, 3.63) is 0 Å². The minimum Gasteiger partial charge on any atom is -0.466 e. The summed E-state index contributed by atoms with van der Waals surface area (Å²) < 4.78 is 5.37. The van der Waals surface area contributed by atoms with Crippen molar-refractivity contribution in [3.8, 4) is 0 Å². The molecule has 0 amide bonds. The van der Waals surface area contributed by atoms with Gasteiger partial charge in [-0.3, -0.25) is 4.79 Å². The molecule has 0 aromatic rings. The van der Waals surface area contributed by atoms with Crippen molar-refractivity contribution in [2.45, 2.75) is 118 Å². The summed E-state index contributed by atoms with van der Waals surface area (Å²) in [6.07, 6.45) is 17.1. The molecule has 0 saturated carbocycles. The number of unbranched alkanes of at least 4 members (excludes halogenated alkanes) is 8. The third-order valence-electron chi connectivity index (χ3n) is 4.84. The predicted octanol–water partition coefficient (Wildman–Crippen LogP) is 7.30. The second kappa shape index (κ2) is 17.3. The van der Waals surface area contributed by atoms with Crippen LogP contribution in [0, 0.1) is 11.8 Å². The van der Waals surface area contributed by atoms with Crippen LogP contribution in [0.15, 0.2) is 0 Å². The Bertz CT molecular complexity index is 273. The average molecular weight is 341 g/mol. The molecule has 1 unspecified atom stereocenters. The fraction of sp³-hybridized carbons (Fsp3) is 0.955. The van der Waals surface area contributed by atoms with E-state index in [2.05, 4.69) is 27.7 Å². The Hall–Kier alpha value is -0.530. The molecule has 0 bridgehead atoms. The Balaban J connectivity index is 3.32. The molecule has 24 heavy (non-hydrogen) atoms. The van der Waals surface area contributed by atoms with Crippen LogP contribution in [-0.2, 0) is 9.53 Å². The quantitative estimate of drug-likeness (QED) is 0.205. The number of rotatable bonds is 17. The highest BCUT2D eigenvalue weighted by Gasteiger charge is 2.06. The highest BCUT2D eigenvalue weighted by Crippen LogP contribution is 2.15. The third kappa shape index (κ3) is 17.8. The summed E-state index contributed by atoms with van der Waals surface area (Å²) in [5, 5.41) is 0. The summed E-state index contributed by atoms with van der Waals surface area (Å²) in [5.41, 5.74) is 0. The number of carbonyl (C=O) groups is 1. The van der Waals surface area contributed by atoms with Crippen molar-refractivity contribution >= 4 is 5.97 Å². The highest BCUT2D eigenvalue weighted by molar-refractivity contribution is 5.69. The van der Waals surface area contributed by atoms with E-state index >= 15 is 0 Å². The van der Waals surface area contributed by atoms with Crippen LogP contribution >= 0.6 is 0 Å². The van der Waals surface area contributed by atoms with Gasteiger partial charge in [-0.15, -0.1) is 0 Å². The van der Waals surface area contributed by atoms with Crippen LogP contribution in [0.3, 0.4) is 0 Å². The van der Waals surface area contributed by atoms with Crippen molar-refractivity contribution < 1.29 is 9.53 Å². The lowest BCUT2D eigenvalue weighted by molar-refractivity contribution is -0.144. The first kappa shape index (κ1) is 23.5. The molecular formula is C22H44O2. The van der Waals surface area contributed by atoms with E-state index in [1.54, 1.807) is 0 Å². The smallest absolute Gasteiger partial charge is 0.305 e. The lowest BCUT2D eigenvalue weighted by Gasteiger charge is -2.12. The normalized spacial score (nSPS) is 12.5. The molecule has 0 aromatic heterocycles. The molecule has 0 radical (unpaired) electrons. The van der Waals surface area contributed by atoms with E-state index in [-0.39, 0.29) is 5.97 Å². The predicted molar refractivity (Wildman–Crippen MR) is 105 cm³/mol. The van der Waals surface area contributed by atoms with Gasteiger partial charge in [-0.1, -0.05) is 98.3 Å². The van der Waals surface area contributed by atoms with Crippen LogP contribution in [0.5, 0.6) is 0 Å². The number of carbonyl (C=O) groups excluding carboxylic acids is 1. The van der Waals surface area contributed by atoms with Gasteiger partial charge in [-0.05, 0) is 24.7 Å². The molecule has 0 heterocycles. The number of esters is 1. The van der Waals surface area contributed by atoms with Crippen LogP contribution < -0.4 is 0 Å². The van der Waals surface area contributed by atoms with Crippen LogP contribution in [-0.4, -0.2) is 12.6 Å². The molecule has 0 aliphatic carbocycles. The van der Waals surface area contributed by atoms with Crippen LogP contribution in [0.1, 0.15) is 118 Å². The molecule has 0 saturated heterocycles. The summed E-state index contributed by atoms with van der Waals surface area (Å²) in [7, 11) is 0. The lowest BCUT2D eigenvalue weighted by Crippen LogP contribution is -2.08. The van der Waals surface area contributed by atoms with Crippen LogP contribution in [0.2, 0.25) is 0 Å². The largest absolute Gasteiger partial charge is 0.466 e. The summed E-state index contributed by atoms with van der Waals surface area (Å²) in [6.45, 7) is 9.69. The lowest BCUT2D eigenvalue weighted by atomic mass is 9.98. The maximum Gasteiger partial charge on any atom is 0.305 e. The van der Waals surface area contributed by atoms with Crippen LogP contribution in [0.25, 0.3) is 0 Å². The van der Waals surface area contributed by atoms with Crippen molar-refractivity contribution in [1.82, 2.24) is 0 Å². The van der Waals surface area contributed by atoms with Gasteiger partial charge in [0.2, 0.25) is 0 Å². The molecule has 2 heteroatoms. The Labute approximate surface area is 152 Å². The molecule has 0 aliphatic heterocycles. The van der Waals surface area contributed by atoms with Gasteiger partial charge in [-0.2, -0.15) is 0 Å². The Morgan fingerprint density at radius 3 is 1.92 bits per heavy atom. The zero-order valence-corrected chi connectivity index (χ0v) is 17.1. The first-order valence-corrected chi connectivity index (χ1v) is 10.7. The third-order valence-corrected chi connectivity index (χ3v) is 4.84. The fourth-order valence-corrected chi connectivity index (χ4v) is 3.05. The summed E-state index contributed by atoms with van der Waals surface area (Å²) in [5.74, 6) is 1.47. The van der Waals surface area contributed by atoms with Gasteiger partial charge in [-0.25, -0.2) is 0 Å². The first-order chi connectivity index (χ1) is 11.6. The van der Waals surface area contributed by atoms with Crippen molar-refractivity contribution in [3.63, 3.8) is 0 Å². The molecule has 144 valence electrons. The Kier molecular flexibility index (Phi) is 16.9. The number of hydrogen-bond donors (Lipinski definition) is 0. The SMILES string of the molecule is CCCCCCCCCCCC(=O)OCCC(C)CCCC(C)C. The van der Waals surface area contributed by atoms with E-state index in [0.717, 1.165) is 18.8 Å². The van der Waals surface area contributed by atoms with Gasteiger partial charge in [0, 0.05) is 6.42 Å². The van der Waals surface area contributed by atoms with E-state index in [1.165, 1.54) is 70.6 Å². The Morgan fingerprint density at radius 2 is 1.33 bits per heavy atom. The summed E-state index contributed by atoms with van der Waals surface area (Å²) >= 11 is 0. The second-order valence-corrected chi connectivity index (χ2v) is 8.02. The van der Waals surface area contributed by atoms with Crippen LogP contribution in [0.4, 0.5) is 0 Å². The summed E-state index contributed by atoms with van der Waals surface area (Å²) in [4.78, 5) is 11.7. The summed E-state index contributed by atoms with van der Waals surface area (Å²) in [6, 6.07) is 0. The minimum absolute atomic E-state index is 0.00678. The van der Waals surface area contributed by atoms with E-state index in [9.17, 15) is 4.79 Å². The van der Waals surface area contributed by atoms with Gasteiger partial charge < -0.3 is 4.74 Å². The molecule has 0 fully saturated rings. The van der Waals surface area contributed by atoms with Gasteiger partial charge in [0.15, 0.2) is 0 Å².